The molecule has 1 aromatic carbocycles. The Hall–Kier alpha value is -1.84. The fourth-order valence-electron chi connectivity index (χ4n) is 2.17. The smallest absolute Gasteiger partial charge is 0.249 e. The number of aryl methyl sites for hydroxylation is 1. The van der Waals surface area contributed by atoms with Gasteiger partial charge < -0.3 is 10.2 Å². The minimum absolute atomic E-state index is 0.0218. The van der Waals surface area contributed by atoms with Crippen LogP contribution in [0.5, 0.6) is 0 Å². The van der Waals surface area contributed by atoms with Gasteiger partial charge in [-0.1, -0.05) is 38.5 Å². The molecule has 0 bridgehead atoms. The highest BCUT2D eigenvalue weighted by molar-refractivity contribution is 6.01. The molecule has 1 saturated heterocycles. The molecule has 0 unspecified atom stereocenters. The van der Waals surface area contributed by atoms with E-state index in [1.807, 2.05) is 52.0 Å². The number of carbonyl (C=O) groups is 2. The maximum absolute atomic E-state index is 12.4. The van der Waals surface area contributed by atoms with Crippen molar-refractivity contribution in [3.05, 3.63) is 29.8 Å². The average molecular weight is 274 g/mol. The Balaban J connectivity index is 2.06. The zero-order chi connectivity index (χ0) is 14.9. The lowest BCUT2D eigenvalue weighted by Gasteiger charge is -2.21. The highest BCUT2D eigenvalue weighted by Gasteiger charge is 2.35. The molecule has 1 aromatic rings. The van der Waals surface area contributed by atoms with Crippen LogP contribution in [0.4, 0.5) is 5.69 Å². The lowest BCUT2D eigenvalue weighted by molar-refractivity contribution is -0.131. The van der Waals surface area contributed by atoms with Gasteiger partial charge in [-0.3, -0.25) is 9.59 Å². The Morgan fingerprint density at radius 2 is 1.85 bits per heavy atom. The van der Waals surface area contributed by atoms with E-state index in [1.54, 1.807) is 4.90 Å². The maximum atomic E-state index is 12.4. The van der Waals surface area contributed by atoms with Crippen LogP contribution in [0.25, 0.3) is 0 Å². The van der Waals surface area contributed by atoms with Crippen molar-refractivity contribution in [1.82, 2.24) is 5.32 Å². The van der Waals surface area contributed by atoms with E-state index in [0.717, 1.165) is 11.3 Å². The Bertz CT molecular complexity index is 514. The molecule has 0 aliphatic carbocycles. The van der Waals surface area contributed by atoms with Gasteiger partial charge in [-0.2, -0.15) is 0 Å². The molecule has 1 fully saturated rings. The average Bonchev–Trinajstić information content (AvgIpc) is 2.71. The van der Waals surface area contributed by atoms with Gasteiger partial charge >= 0.3 is 0 Å². The largest absolute Gasteiger partial charge is 0.344 e. The van der Waals surface area contributed by atoms with Crippen LogP contribution in [0.2, 0.25) is 0 Å². The highest BCUT2D eigenvalue weighted by atomic mass is 16.2. The van der Waals surface area contributed by atoms with E-state index in [2.05, 4.69) is 5.32 Å². The van der Waals surface area contributed by atoms with Crippen molar-refractivity contribution in [3.8, 4) is 0 Å². The van der Waals surface area contributed by atoms with Crippen LogP contribution in [0.1, 0.15) is 32.8 Å². The Morgan fingerprint density at radius 3 is 2.40 bits per heavy atom. The predicted molar refractivity (Wildman–Crippen MR) is 79.5 cm³/mol. The normalized spacial score (nSPS) is 19.3. The number of rotatable bonds is 2. The van der Waals surface area contributed by atoms with Crippen molar-refractivity contribution in [1.29, 1.82) is 0 Å². The second-order valence-electron chi connectivity index (χ2n) is 6.39. The summed E-state index contributed by atoms with van der Waals surface area (Å²) >= 11 is 0. The molecule has 1 aliphatic rings. The first-order chi connectivity index (χ1) is 9.29. The van der Waals surface area contributed by atoms with Gasteiger partial charge in [0.1, 0.15) is 6.04 Å². The third-order valence-electron chi connectivity index (χ3n) is 3.54. The number of carbonyl (C=O) groups excluding carboxylic acids is 2. The molecule has 0 radical (unpaired) electrons. The number of nitrogens with one attached hydrogen (secondary N) is 1. The molecular formula is C16H22N2O2. The van der Waals surface area contributed by atoms with Crippen molar-refractivity contribution in [2.24, 2.45) is 5.41 Å². The summed E-state index contributed by atoms with van der Waals surface area (Å²) in [6, 6.07) is 7.47. The minimum Gasteiger partial charge on any atom is -0.344 e. The predicted octanol–water partition coefficient (Wildman–Crippen LogP) is 2.26. The van der Waals surface area contributed by atoms with Gasteiger partial charge in [-0.15, -0.1) is 0 Å². The number of nitrogens with zero attached hydrogens (tertiary/aromatic N) is 1. The molecule has 4 nitrogen and oxygen atoms in total. The van der Waals surface area contributed by atoms with Crippen LogP contribution in [-0.2, 0) is 9.59 Å². The topological polar surface area (TPSA) is 49.4 Å². The van der Waals surface area contributed by atoms with Gasteiger partial charge in [0.15, 0.2) is 0 Å². The number of hydrogen-bond acceptors (Lipinski definition) is 2. The monoisotopic (exact) mass is 274 g/mol. The van der Waals surface area contributed by atoms with Gasteiger partial charge in [-0.25, -0.2) is 0 Å². The third kappa shape index (κ3) is 3.00. The summed E-state index contributed by atoms with van der Waals surface area (Å²) < 4.78 is 0. The van der Waals surface area contributed by atoms with Gasteiger partial charge in [0.2, 0.25) is 11.8 Å². The number of hydrogen-bond donors (Lipinski definition) is 1. The Kier molecular flexibility index (Phi) is 3.84. The molecule has 1 atom stereocenters. The van der Waals surface area contributed by atoms with Crippen LogP contribution in [0.3, 0.4) is 0 Å². The van der Waals surface area contributed by atoms with Crippen molar-refractivity contribution >= 4 is 17.5 Å². The van der Waals surface area contributed by atoms with E-state index in [1.165, 1.54) is 0 Å². The fourth-order valence-corrected chi connectivity index (χ4v) is 2.17. The Morgan fingerprint density at radius 1 is 1.25 bits per heavy atom. The molecule has 1 aliphatic heterocycles. The van der Waals surface area contributed by atoms with Gasteiger partial charge in [-0.05, 0) is 25.5 Å². The van der Waals surface area contributed by atoms with Gasteiger partial charge in [0.05, 0.1) is 0 Å². The molecule has 20 heavy (non-hydrogen) atoms. The fraction of sp³-hybridized carbons (Fsp3) is 0.500. The minimum atomic E-state index is -0.475. The van der Waals surface area contributed by atoms with Crippen molar-refractivity contribution in [2.75, 3.05) is 11.4 Å². The Labute approximate surface area is 120 Å². The summed E-state index contributed by atoms with van der Waals surface area (Å²) in [5, 5.41) is 2.85. The van der Waals surface area contributed by atoms with Gasteiger partial charge in [0.25, 0.3) is 0 Å². The van der Waals surface area contributed by atoms with E-state index in [4.69, 9.17) is 0 Å². The van der Waals surface area contributed by atoms with Crippen LogP contribution in [0, 0.1) is 12.3 Å². The second kappa shape index (κ2) is 5.27. The zero-order valence-electron chi connectivity index (χ0n) is 12.6. The molecule has 1 heterocycles. The lowest BCUT2D eigenvalue weighted by atomic mass is 9.95. The summed E-state index contributed by atoms with van der Waals surface area (Å²) in [5.41, 5.74) is 1.59. The summed E-state index contributed by atoms with van der Waals surface area (Å²) in [4.78, 5) is 26.1. The molecular weight excluding hydrogens is 252 g/mol. The first kappa shape index (κ1) is 14.6. The van der Waals surface area contributed by atoms with Crippen LogP contribution >= 0.6 is 0 Å². The first-order valence-corrected chi connectivity index (χ1v) is 6.98. The molecule has 2 rings (SSSR count). The number of anilines is 1. The van der Waals surface area contributed by atoms with Crippen LogP contribution in [-0.4, -0.2) is 24.4 Å². The van der Waals surface area contributed by atoms with Crippen molar-refractivity contribution < 1.29 is 9.59 Å². The second-order valence-corrected chi connectivity index (χ2v) is 6.39. The van der Waals surface area contributed by atoms with Crippen LogP contribution in [0.15, 0.2) is 24.3 Å². The molecule has 0 saturated carbocycles. The summed E-state index contributed by atoms with van der Waals surface area (Å²) in [6.45, 7) is 8.21. The van der Waals surface area contributed by atoms with Crippen molar-refractivity contribution in [2.45, 2.75) is 40.2 Å². The zero-order valence-corrected chi connectivity index (χ0v) is 12.6. The highest BCUT2D eigenvalue weighted by Crippen LogP contribution is 2.23. The number of amides is 2. The standard InChI is InChI=1S/C16H22N2O2/c1-11-5-7-12(8-6-11)18-10-9-13(14(18)19)17-15(20)16(2,3)4/h5-8,13H,9-10H2,1-4H3,(H,17,20)/t13-/m0/s1. The van der Waals surface area contributed by atoms with Crippen LogP contribution < -0.4 is 10.2 Å². The summed E-state index contributed by atoms with van der Waals surface area (Å²) in [5.74, 6) is -0.104. The van der Waals surface area contributed by atoms with E-state index in [0.29, 0.717) is 13.0 Å². The quantitative estimate of drug-likeness (QED) is 0.899. The van der Waals surface area contributed by atoms with E-state index < -0.39 is 11.5 Å². The molecule has 1 N–H and O–H groups in total. The molecule has 4 heteroatoms. The SMILES string of the molecule is Cc1ccc(N2CC[C@H](NC(=O)C(C)(C)C)C2=O)cc1. The van der Waals surface area contributed by atoms with Gasteiger partial charge in [0, 0.05) is 17.6 Å². The lowest BCUT2D eigenvalue weighted by Crippen LogP contribution is -2.45. The van der Waals surface area contributed by atoms with E-state index in [-0.39, 0.29) is 11.8 Å². The van der Waals surface area contributed by atoms with E-state index in [9.17, 15) is 9.59 Å². The van der Waals surface area contributed by atoms with E-state index >= 15 is 0 Å². The first-order valence-electron chi connectivity index (χ1n) is 6.98. The summed E-state index contributed by atoms with van der Waals surface area (Å²) in [7, 11) is 0. The third-order valence-corrected chi connectivity index (χ3v) is 3.54. The maximum Gasteiger partial charge on any atom is 0.249 e. The summed E-state index contributed by atoms with van der Waals surface area (Å²) in [6.07, 6.45) is 0.661. The molecule has 0 aromatic heterocycles. The molecule has 108 valence electrons. The molecule has 2 amide bonds. The molecule has 0 spiro atoms. The van der Waals surface area contributed by atoms with Crippen molar-refractivity contribution in [3.63, 3.8) is 0 Å². The number of benzene rings is 1.